The Kier molecular flexibility index (Phi) is 4.95. The molecule has 0 fully saturated rings. The number of hydrogen-bond donors (Lipinski definition) is 2. The summed E-state index contributed by atoms with van der Waals surface area (Å²) in [6.45, 7) is 1.49. The Bertz CT molecular complexity index is 801. The highest BCUT2D eigenvalue weighted by Gasteiger charge is 2.14. The molecule has 0 aromatic heterocycles. The van der Waals surface area contributed by atoms with Gasteiger partial charge in [0, 0.05) is 11.3 Å². The Labute approximate surface area is 132 Å². The van der Waals surface area contributed by atoms with Gasteiger partial charge < -0.3 is 5.32 Å². The summed E-state index contributed by atoms with van der Waals surface area (Å²) in [6.07, 6.45) is 0. The predicted octanol–water partition coefficient (Wildman–Crippen LogP) is 2.98. The van der Waals surface area contributed by atoms with Crippen LogP contribution >= 0.6 is 0 Å². The van der Waals surface area contributed by atoms with E-state index in [1.807, 2.05) is 0 Å². The summed E-state index contributed by atoms with van der Waals surface area (Å²) in [5.74, 6) is -2.56. The lowest BCUT2D eigenvalue weighted by Crippen LogP contribution is -2.16. The molecule has 0 radical (unpaired) electrons. The Morgan fingerprint density at radius 2 is 1.61 bits per heavy atom. The van der Waals surface area contributed by atoms with Crippen LogP contribution in [0.15, 0.2) is 42.5 Å². The lowest BCUT2D eigenvalue weighted by molar-refractivity contribution is 0.102. The highest BCUT2D eigenvalue weighted by Crippen LogP contribution is 2.19. The third kappa shape index (κ3) is 4.26. The molecule has 0 heterocycles. The van der Waals surface area contributed by atoms with Gasteiger partial charge in [-0.15, -0.1) is 0 Å². The van der Waals surface area contributed by atoms with Crippen molar-refractivity contribution in [1.29, 1.82) is 0 Å². The van der Waals surface area contributed by atoms with Crippen molar-refractivity contribution < 1.29 is 22.0 Å². The molecule has 0 saturated heterocycles. The smallest absolute Gasteiger partial charge is 0.255 e. The van der Waals surface area contributed by atoms with Crippen LogP contribution in [0.25, 0.3) is 0 Å². The van der Waals surface area contributed by atoms with Gasteiger partial charge in [-0.2, -0.15) is 0 Å². The molecular formula is C15H14F2N2O3S. The Balaban J connectivity index is 2.15. The maximum atomic E-state index is 13.5. The molecule has 2 rings (SSSR count). The van der Waals surface area contributed by atoms with Crippen LogP contribution in [0.4, 0.5) is 20.2 Å². The number of carbonyl (C=O) groups excluding carboxylic acids is 1. The van der Waals surface area contributed by atoms with Crippen LogP contribution in [0.5, 0.6) is 0 Å². The van der Waals surface area contributed by atoms with E-state index >= 15 is 0 Å². The summed E-state index contributed by atoms with van der Waals surface area (Å²) in [5, 5.41) is 2.15. The largest absolute Gasteiger partial charge is 0.317 e. The minimum absolute atomic E-state index is 0.0815. The van der Waals surface area contributed by atoms with Gasteiger partial charge in [-0.05, 0) is 43.3 Å². The maximum absolute atomic E-state index is 13.5. The van der Waals surface area contributed by atoms with Gasteiger partial charge in [-0.1, -0.05) is 6.07 Å². The molecule has 8 heteroatoms. The first-order valence-electron chi connectivity index (χ1n) is 6.68. The highest BCUT2D eigenvalue weighted by atomic mass is 32.2. The van der Waals surface area contributed by atoms with Crippen molar-refractivity contribution in [2.24, 2.45) is 0 Å². The zero-order chi connectivity index (χ0) is 17.0. The first kappa shape index (κ1) is 16.9. The van der Waals surface area contributed by atoms with E-state index in [1.165, 1.54) is 37.3 Å². The van der Waals surface area contributed by atoms with Crippen molar-refractivity contribution in [2.45, 2.75) is 6.92 Å². The fourth-order valence-electron chi connectivity index (χ4n) is 1.74. The first-order valence-corrected chi connectivity index (χ1v) is 8.33. The van der Waals surface area contributed by atoms with E-state index in [1.54, 1.807) is 0 Å². The van der Waals surface area contributed by atoms with Crippen LogP contribution in [0.3, 0.4) is 0 Å². The van der Waals surface area contributed by atoms with E-state index in [0.717, 1.165) is 12.1 Å². The molecule has 122 valence electrons. The van der Waals surface area contributed by atoms with Gasteiger partial charge >= 0.3 is 0 Å². The second-order valence-electron chi connectivity index (χ2n) is 4.63. The summed E-state index contributed by atoms with van der Waals surface area (Å²) >= 11 is 0. The molecule has 0 bridgehead atoms. The molecule has 0 atom stereocenters. The SMILES string of the molecule is CCS(=O)(=O)Nc1ccc(C(=O)Nc2c(F)cccc2F)cc1. The second-order valence-corrected chi connectivity index (χ2v) is 6.64. The molecular weight excluding hydrogens is 326 g/mol. The van der Waals surface area contributed by atoms with Crippen LogP contribution in [-0.4, -0.2) is 20.1 Å². The van der Waals surface area contributed by atoms with Crippen LogP contribution in [-0.2, 0) is 10.0 Å². The third-order valence-electron chi connectivity index (χ3n) is 3.00. The molecule has 2 aromatic carbocycles. The lowest BCUT2D eigenvalue weighted by Gasteiger charge is -2.09. The number of carbonyl (C=O) groups is 1. The molecule has 0 unspecified atom stereocenters. The number of amides is 1. The molecule has 5 nitrogen and oxygen atoms in total. The topological polar surface area (TPSA) is 75.3 Å². The fraction of sp³-hybridized carbons (Fsp3) is 0.133. The Morgan fingerprint density at radius 3 is 2.13 bits per heavy atom. The van der Waals surface area contributed by atoms with Crippen molar-refractivity contribution in [3.8, 4) is 0 Å². The first-order chi connectivity index (χ1) is 10.8. The molecule has 0 aliphatic heterocycles. The number of sulfonamides is 1. The van der Waals surface area contributed by atoms with Crippen LogP contribution in [0, 0.1) is 11.6 Å². The number of rotatable bonds is 5. The number of halogens is 2. The van der Waals surface area contributed by atoms with Crippen molar-refractivity contribution in [3.63, 3.8) is 0 Å². The van der Waals surface area contributed by atoms with Gasteiger partial charge in [0.25, 0.3) is 5.91 Å². The van der Waals surface area contributed by atoms with E-state index < -0.39 is 33.3 Å². The van der Waals surface area contributed by atoms with Gasteiger partial charge in [-0.25, -0.2) is 17.2 Å². The molecule has 0 saturated carbocycles. The summed E-state index contributed by atoms with van der Waals surface area (Å²) < 4.78 is 52.2. The van der Waals surface area contributed by atoms with Crippen LogP contribution in [0.1, 0.15) is 17.3 Å². The number of benzene rings is 2. The molecule has 0 aliphatic carbocycles. The quantitative estimate of drug-likeness (QED) is 0.879. The normalized spacial score (nSPS) is 11.1. The number of hydrogen-bond acceptors (Lipinski definition) is 3. The van der Waals surface area contributed by atoms with Gasteiger partial charge in [0.2, 0.25) is 10.0 Å². The Hall–Kier alpha value is -2.48. The summed E-state index contributed by atoms with van der Waals surface area (Å²) in [4.78, 5) is 12.0. The third-order valence-corrected chi connectivity index (χ3v) is 4.31. The summed E-state index contributed by atoms with van der Waals surface area (Å²) in [7, 11) is -3.42. The van der Waals surface area contributed by atoms with E-state index in [2.05, 4.69) is 10.0 Å². The predicted molar refractivity (Wildman–Crippen MR) is 83.8 cm³/mol. The monoisotopic (exact) mass is 340 g/mol. The van der Waals surface area contributed by atoms with E-state index in [0.29, 0.717) is 5.69 Å². The van der Waals surface area contributed by atoms with Crippen LogP contribution in [0.2, 0.25) is 0 Å². The number of nitrogens with one attached hydrogen (secondary N) is 2. The standard InChI is InChI=1S/C15H14F2N2O3S/c1-2-23(21,22)19-11-8-6-10(7-9-11)15(20)18-14-12(16)4-3-5-13(14)17/h3-9,19H,2H2,1H3,(H,18,20). The molecule has 23 heavy (non-hydrogen) atoms. The van der Waals surface area contributed by atoms with Crippen molar-refractivity contribution >= 4 is 27.3 Å². The van der Waals surface area contributed by atoms with E-state index in [9.17, 15) is 22.0 Å². The maximum Gasteiger partial charge on any atom is 0.255 e. The molecule has 0 aliphatic rings. The zero-order valence-electron chi connectivity index (χ0n) is 12.1. The molecule has 2 aromatic rings. The summed E-state index contributed by atoms with van der Waals surface area (Å²) in [6, 6.07) is 8.72. The van der Waals surface area contributed by atoms with Gasteiger partial charge in [0.1, 0.15) is 17.3 Å². The number of anilines is 2. The molecule has 0 spiro atoms. The Morgan fingerprint density at radius 1 is 1.04 bits per heavy atom. The van der Waals surface area contributed by atoms with Gasteiger partial charge in [0.05, 0.1) is 5.75 Å². The average Bonchev–Trinajstić information content (AvgIpc) is 2.51. The lowest BCUT2D eigenvalue weighted by atomic mass is 10.2. The molecule has 1 amide bonds. The number of para-hydroxylation sites is 1. The van der Waals surface area contributed by atoms with Crippen molar-refractivity contribution in [2.75, 3.05) is 15.8 Å². The minimum Gasteiger partial charge on any atom is -0.317 e. The van der Waals surface area contributed by atoms with Crippen molar-refractivity contribution in [1.82, 2.24) is 0 Å². The van der Waals surface area contributed by atoms with Crippen LogP contribution < -0.4 is 10.0 Å². The summed E-state index contributed by atoms with van der Waals surface area (Å²) in [5.41, 5.74) is -0.110. The average molecular weight is 340 g/mol. The second kappa shape index (κ2) is 6.74. The zero-order valence-corrected chi connectivity index (χ0v) is 13.0. The highest BCUT2D eigenvalue weighted by molar-refractivity contribution is 7.92. The molecule has 2 N–H and O–H groups in total. The van der Waals surface area contributed by atoms with E-state index in [-0.39, 0.29) is 11.3 Å². The van der Waals surface area contributed by atoms with Gasteiger partial charge in [-0.3, -0.25) is 9.52 Å². The minimum atomic E-state index is -3.42. The fourth-order valence-corrected chi connectivity index (χ4v) is 2.38. The van der Waals surface area contributed by atoms with Crippen molar-refractivity contribution in [3.05, 3.63) is 59.7 Å². The van der Waals surface area contributed by atoms with E-state index in [4.69, 9.17) is 0 Å². The van der Waals surface area contributed by atoms with Gasteiger partial charge in [0.15, 0.2) is 0 Å².